The second-order valence-electron chi connectivity index (χ2n) is 9.57. The molecular weight excluding hydrogens is 404 g/mol. The van der Waals surface area contributed by atoms with E-state index in [2.05, 4.69) is 10.2 Å². The zero-order valence-electron chi connectivity index (χ0n) is 19.9. The quantitative estimate of drug-likeness (QED) is 0.755. The molecule has 1 saturated carbocycles. The maximum atomic E-state index is 13.1. The first kappa shape index (κ1) is 23.0. The summed E-state index contributed by atoms with van der Waals surface area (Å²) in [4.78, 5) is 41.0. The van der Waals surface area contributed by atoms with E-state index in [1.807, 2.05) is 23.9 Å². The lowest BCUT2D eigenvalue weighted by atomic mass is 9.94. The van der Waals surface area contributed by atoms with E-state index in [0.717, 1.165) is 68.0 Å². The number of likely N-dealkylation sites (tertiary alicyclic amines) is 1. The van der Waals surface area contributed by atoms with E-state index in [1.165, 1.54) is 19.3 Å². The second kappa shape index (κ2) is 10.1. The van der Waals surface area contributed by atoms with Crippen molar-refractivity contribution in [3.8, 4) is 0 Å². The number of likely N-dealkylation sites (N-methyl/N-ethyl adjacent to an activating group) is 1. The minimum absolute atomic E-state index is 0.0394. The van der Waals surface area contributed by atoms with Crippen LogP contribution in [-0.2, 0) is 22.6 Å². The van der Waals surface area contributed by atoms with Gasteiger partial charge in [-0.15, -0.1) is 0 Å². The summed E-state index contributed by atoms with van der Waals surface area (Å²) in [7, 11) is 3.87. The SMILES string of the molecule is CNc1nc(C2CCCCN2CC(=O)N(C)C2CCCCC2)nc2c1CCN(C(C)=O)C2. The number of piperidine rings is 1. The van der Waals surface area contributed by atoms with Gasteiger partial charge in [0.05, 0.1) is 24.8 Å². The zero-order chi connectivity index (χ0) is 22.7. The molecule has 1 unspecified atom stereocenters. The molecule has 8 nitrogen and oxygen atoms in total. The van der Waals surface area contributed by atoms with Crippen LogP contribution >= 0.6 is 0 Å². The third kappa shape index (κ3) is 4.90. The summed E-state index contributed by atoms with van der Waals surface area (Å²) >= 11 is 0. The normalized spacial score (nSPS) is 22.3. The van der Waals surface area contributed by atoms with Gasteiger partial charge in [0.2, 0.25) is 11.8 Å². The van der Waals surface area contributed by atoms with Crippen molar-refractivity contribution >= 4 is 17.6 Å². The van der Waals surface area contributed by atoms with Crippen LogP contribution in [0.25, 0.3) is 0 Å². The lowest BCUT2D eigenvalue weighted by Crippen LogP contribution is -2.46. The predicted molar refractivity (Wildman–Crippen MR) is 124 cm³/mol. The minimum Gasteiger partial charge on any atom is -0.373 e. The highest BCUT2D eigenvalue weighted by Gasteiger charge is 2.32. The Morgan fingerprint density at radius 1 is 1.06 bits per heavy atom. The van der Waals surface area contributed by atoms with Gasteiger partial charge in [-0.2, -0.15) is 0 Å². The number of fused-ring (bicyclic) bond motifs is 1. The lowest BCUT2D eigenvalue weighted by molar-refractivity contribution is -0.135. The summed E-state index contributed by atoms with van der Waals surface area (Å²) in [5.41, 5.74) is 2.06. The van der Waals surface area contributed by atoms with E-state index < -0.39 is 0 Å². The first-order chi connectivity index (χ1) is 15.5. The molecule has 2 amide bonds. The monoisotopic (exact) mass is 442 g/mol. The fraction of sp³-hybridized carbons (Fsp3) is 0.750. The van der Waals surface area contributed by atoms with E-state index in [-0.39, 0.29) is 17.9 Å². The number of rotatable bonds is 5. The van der Waals surface area contributed by atoms with Gasteiger partial charge in [-0.1, -0.05) is 25.7 Å². The number of anilines is 1. The minimum atomic E-state index is 0.0394. The number of nitrogens with zero attached hydrogens (tertiary/aromatic N) is 5. The molecule has 0 aromatic carbocycles. The summed E-state index contributed by atoms with van der Waals surface area (Å²) in [6.07, 6.45) is 9.92. The van der Waals surface area contributed by atoms with E-state index in [4.69, 9.17) is 9.97 Å². The Hall–Kier alpha value is -2.22. The maximum absolute atomic E-state index is 13.1. The van der Waals surface area contributed by atoms with Crippen LogP contribution in [0.4, 0.5) is 5.82 Å². The highest BCUT2D eigenvalue weighted by Crippen LogP contribution is 2.32. The molecule has 0 spiro atoms. The number of nitrogens with one attached hydrogen (secondary N) is 1. The average molecular weight is 443 g/mol. The fourth-order valence-corrected chi connectivity index (χ4v) is 5.50. The Morgan fingerprint density at radius 2 is 1.81 bits per heavy atom. The lowest BCUT2D eigenvalue weighted by Gasteiger charge is -2.38. The van der Waals surface area contributed by atoms with Gasteiger partial charge in [0.25, 0.3) is 0 Å². The van der Waals surface area contributed by atoms with Crippen molar-refractivity contribution in [3.05, 3.63) is 17.1 Å². The molecule has 1 saturated heterocycles. The smallest absolute Gasteiger partial charge is 0.236 e. The average Bonchev–Trinajstić information content (AvgIpc) is 2.83. The molecule has 3 aliphatic rings. The number of carbonyl (C=O) groups excluding carboxylic acids is 2. The topological polar surface area (TPSA) is 81.7 Å². The van der Waals surface area contributed by atoms with E-state index in [9.17, 15) is 9.59 Å². The molecule has 0 bridgehead atoms. The van der Waals surface area contributed by atoms with Crippen LogP contribution in [-0.4, -0.2) is 76.3 Å². The number of hydrogen-bond acceptors (Lipinski definition) is 6. The highest BCUT2D eigenvalue weighted by molar-refractivity contribution is 5.78. The number of amides is 2. The van der Waals surface area contributed by atoms with E-state index >= 15 is 0 Å². The van der Waals surface area contributed by atoms with Crippen molar-refractivity contribution in [1.29, 1.82) is 0 Å². The van der Waals surface area contributed by atoms with Gasteiger partial charge in [0.15, 0.2) is 0 Å². The highest BCUT2D eigenvalue weighted by atomic mass is 16.2. The molecule has 2 fully saturated rings. The second-order valence-corrected chi connectivity index (χ2v) is 9.57. The van der Waals surface area contributed by atoms with Gasteiger partial charge in [-0.3, -0.25) is 14.5 Å². The van der Waals surface area contributed by atoms with Crippen molar-refractivity contribution in [2.45, 2.75) is 83.3 Å². The van der Waals surface area contributed by atoms with Crippen LogP contribution < -0.4 is 5.32 Å². The van der Waals surface area contributed by atoms with Crippen LogP contribution in [0.2, 0.25) is 0 Å². The standard InChI is InChI=1S/C24H38N6O2/c1-17(31)29-14-12-19-20(15-29)26-24(27-23(19)25-2)21-11-7-8-13-30(21)16-22(32)28(3)18-9-5-4-6-10-18/h18,21H,4-16H2,1-3H3,(H,25,26,27). The molecule has 1 aromatic rings. The van der Waals surface area contributed by atoms with Crippen molar-refractivity contribution in [2.24, 2.45) is 0 Å². The van der Waals surface area contributed by atoms with Gasteiger partial charge < -0.3 is 15.1 Å². The summed E-state index contributed by atoms with van der Waals surface area (Å²) in [5, 5.41) is 3.25. The van der Waals surface area contributed by atoms with Gasteiger partial charge in [0.1, 0.15) is 11.6 Å². The molecule has 1 aliphatic carbocycles. The summed E-state index contributed by atoms with van der Waals surface area (Å²) < 4.78 is 0. The van der Waals surface area contributed by atoms with Gasteiger partial charge in [-0.25, -0.2) is 9.97 Å². The Labute approximate surface area is 191 Å². The van der Waals surface area contributed by atoms with Crippen LogP contribution in [0.15, 0.2) is 0 Å². The Morgan fingerprint density at radius 3 is 2.53 bits per heavy atom. The fourth-order valence-electron chi connectivity index (χ4n) is 5.50. The maximum Gasteiger partial charge on any atom is 0.236 e. The molecule has 4 rings (SSSR count). The molecule has 1 aromatic heterocycles. The molecule has 32 heavy (non-hydrogen) atoms. The molecule has 1 atom stereocenters. The zero-order valence-corrected chi connectivity index (χ0v) is 19.9. The van der Waals surface area contributed by atoms with Crippen molar-refractivity contribution < 1.29 is 9.59 Å². The van der Waals surface area contributed by atoms with Crippen molar-refractivity contribution in [1.82, 2.24) is 24.7 Å². The molecule has 8 heteroatoms. The van der Waals surface area contributed by atoms with Crippen LogP contribution in [0.5, 0.6) is 0 Å². The van der Waals surface area contributed by atoms with E-state index in [0.29, 0.717) is 25.7 Å². The molecule has 176 valence electrons. The van der Waals surface area contributed by atoms with Crippen LogP contribution in [0, 0.1) is 0 Å². The number of carbonyl (C=O) groups is 2. The molecule has 1 N–H and O–H groups in total. The number of hydrogen-bond donors (Lipinski definition) is 1. The number of aromatic nitrogens is 2. The third-order valence-corrected chi connectivity index (χ3v) is 7.53. The van der Waals surface area contributed by atoms with Gasteiger partial charge >= 0.3 is 0 Å². The molecule has 0 radical (unpaired) electrons. The third-order valence-electron chi connectivity index (χ3n) is 7.53. The van der Waals surface area contributed by atoms with Crippen molar-refractivity contribution in [2.75, 3.05) is 39.0 Å². The molecule has 3 heterocycles. The summed E-state index contributed by atoms with van der Waals surface area (Å²) in [6.45, 7) is 4.17. The summed E-state index contributed by atoms with van der Waals surface area (Å²) in [5.74, 6) is 1.94. The first-order valence-corrected chi connectivity index (χ1v) is 12.3. The van der Waals surface area contributed by atoms with E-state index in [1.54, 1.807) is 6.92 Å². The Bertz CT molecular complexity index is 838. The van der Waals surface area contributed by atoms with Gasteiger partial charge in [0, 0.05) is 39.2 Å². The Kier molecular flexibility index (Phi) is 7.28. The molecular formula is C24H38N6O2. The van der Waals surface area contributed by atoms with Crippen molar-refractivity contribution in [3.63, 3.8) is 0 Å². The first-order valence-electron chi connectivity index (χ1n) is 12.3. The summed E-state index contributed by atoms with van der Waals surface area (Å²) in [6, 6.07) is 0.422. The van der Waals surface area contributed by atoms with Gasteiger partial charge in [-0.05, 0) is 38.6 Å². The predicted octanol–water partition coefficient (Wildman–Crippen LogP) is 2.74. The molecule has 2 aliphatic heterocycles. The van der Waals surface area contributed by atoms with Crippen LogP contribution in [0.1, 0.15) is 81.4 Å². The van der Waals surface area contributed by atoms with Crippen LogP contribution in [0.3, 0.4) is 0 Å². The Balaban J connectivity index is 1.53. The largest absolute Gasteiger partial charge is 0.373 e.